The van der Waals surface area contributed by atoms with Gasteiger partial charge in [-0.1, -0.05) is 32.9 Å². The number of benzene rings is 2. The Balaban J connectivity index is 1.86. The lowest BCUT2D eigenvalue weighted by molar-refractivity contribution is -0.123. The SMILES string of the molecule is CC(C)Oc1cccc(C(=O)NNC(=O)COc2ccc(C(C)(C)C)cc2Br)c1. The van der Waals surface area contributed by atoms with Crippen LogP contribution in [0.5, 0.6) is 11.5 Å². The predicted molar refractivity (Wildman–Crippen MR) is 116 cm³/mol. The number of amides is 2. The van der Waals surface area contributed by atoms with Crippen LogP contribution in [-0.4, -0.2) is 24.5 Å². The van der Waals surface area contributed by atoms with Crippen molar-refractivity contribution in [2.24, 2.45) is 0 Å². The molecule has 2 aromatic rings. The normalized spacial score (nSPS) is 11.1. The summed E-state index contributed by atoms with van der Waals surface area (Å²) in [6, 6.07) is 12.5. The first-order valence-electron chi connectivity index (χ1n) is 9.35. The van der Waals surface area contributed by atoms with E-state index in [1.165, 1.54) is 0 Å². The average molecular weight is 463 g/mol. The van der Waals surface area contributed by atoms with Crippen molar-refractivity contribution in [2.45, 2.75) is 46.1 Å². The van der Waals surface area contributed by atoms with Crippen molar-refractivity contribution in [2.75, 3.05) is 6.61 Å². The lowest BCUT2D eigenvalue weighted by Crippen LogP contribution is -2.43. The third-order valence-corrected chi connectivity index (χ3v) is 4.56. The van der Waals surface area contributed by atoms with E-state index in [1.54, 1.807) is 24.3 Å². The maximum absolute atomic E-state index is 12.2. The maximum atomic E-state index is 12.2. The Morgan fingerprint density at radius 2 is 1.79 bits per heavy atom. The highest BCUT2D eigenvalue weighted by atomic mass is 79.9. The van der Waals surface area contributed by atoms with Crippen LogP contribution in [0.4, 0.5) is 0 Å². The van der Waals surface area contributed by atoms with Crippen molar-refractivity contribution < 1.29 is 19.1 Å². The predicted octanol–water partition coefficient (Wildman–Crippen LogP) is 4.37. The lowest BCUT2D eigenvalue weighted by atomic mass is 9.87. The minimum Gasteiger partial charge on any atom is -0.491 e. The van der Waals surface area contributed by atoms with Gasteiger partial charge in [0, 0.05) is 5.56 Å². The van der Waals surface area contributed by atoms with Gasteiger partial charge in [0.1, 0.15) is 11.5 Å². The topological polar surface area (TPSA) is 76.7 Å². The quantitative estimate of drug-likeness (QED) is 0.624. The molecule has 0 fully saturated rings. The van der Waals surface area contributed by atoms with Crippen LogP contribution >= 0.6 is 15.9 Å². The Morgan fingerprint density at radius 3 is 2.41 bits per heavy atom. The summed E-state index contributed by atoms with van der Waals surface area (Å²) < 4.78 is 11.9. The molecule has 0 aliphatic heterocycles. The number of rotatable bonds is 6. The van der Waals surface area contributed by atoms with Gasteiger partial charge < -0.3 is 9.47 Å². The number of hydrogen-bond donors (Lipinski definition) is 2. The van der Waals surface area contributed by atoms with Crippen LogP contribution in [-0.2, 0) is 10.2 Å². The first kappa shape index (κ1) is 22.7. The molecule has 0 saturated carbocycles. The smallest absolute Gasteiger partial charge is 0.276 e. The maximum Gasteiger partial charge on any atom is 0.276 e. The highest BCUT2D eigenvalue weighted by Gasteiger charge is 2.16. The summed E-state index contributed by atoms with van der Waals surface area (Å²) in [5, 5.41) is 0. The largest absolute Gasteiger partial charge is 0.491 e. The summed E-state index contributed by atoms with van der Waals surface area (Å²) >= 11 is 3.47. The minimum atomic E-state index is -0.472. The number of carbonyl (C=O) groups is 2. The molecule has 0 spiro atoms. The third-order valence-electron chi connectivity index (χ3n) is 3.94. The van der Waals surface area contributed by atoms with E-state index in [1.807, 2.05) is 32.0 Å². The van der Waals surface area contributed by atoms with Crippen molar-refractivity contribution >= 4 is 27.7 Å². The van der Waals surface area contributed by atoms with Crippen LogP contribution in [0.2, 0.25) is 0 Å². The third kappa shape index (κ3) is 7.09. The molecule has 0 radical (unpaired) electrons. The fourth-order valence-electron chi connectivity index (χ4n) is 2.45. The Bertz CT molecular complexity index is 875. The molecule has 2 rings (SSSR count). The van der Waals surface area contributed by atoms with Crippen molar-refractivity contribution in [1.29, 1.82) is 0 Å². The van der Waals surface area contributed by atoms with Gasteiger partial charge in [-0.25, -0.2) is 0 Å². The number of nitrogens with one attached hydrogen (secondary N) is 2. The molecular formula is C22H27BrN2O4. The lowest BCUT2D eigenvalue weighted by Gasteiger charge is -2.20. The number of halogens is 1. The van der Waals surface area contributed by atoms with Crippen LogP contribution < -0.4 is 20.3 Å². The number of ether oxygens (including phenoxy) is 2. The Labute approximate surface area is 180 Å². The zero-order valence-corrected chi connectivity index (χ0v) is 18.9. The first-order valence-corrected chi connectivity index (χ1v) is 10.1. The Hall–Kier alpha value is -2.54. The summed E-state index contributed by atoms with van der Waals surface area (Å²) in [4.78, 5) is 24.2. The Kier molecular flexibility index (Phi) is 7.67. The van der Waals surface area contributed by atoms with Gasteiger partial charge in [-0.15, -0.1) is 0 Å². The molecule has 6 nitrogen and oxygen atoms in total. The van der Waals surface area contributed by atoms with Crippen LogP contribution in [0.1, 0.15) is 50.5 Å². The van der Waals surface area contributed by atoms with Gasteiger partial charge in [0.2, 0.25) is 0 Å². The summed E-state index contributed by atoms with van der Waals surface area (Å²) in [6.07, 6.45) is 0.00181. The molecule has 0 atom stereocenters. The molecule has 7 heteroatoms. The second-order valence-corrected chi connectivity index (χ2v) is 8.73. The molecular weight excluding hydrogens is 436 g/mol. The molecule has 29 heavy (non-hydrogen) atoms. The van der Waals surface area contributed by atoms with E-state index in [0.717, 1.165) is 10.0 Å². The van der Waals surface area contributed by atoms with Crippen LogP contribution in [0.3, 0.4) is 0 Å². The standard InChI is InChI=1S/C22H27BrN2O4/c1-14(2)29-17-8-6-7-15(11-17)21(27)25-24-20(26)13-28-19-10-9-16(12-18(19)23)22(3,4)5/h6-12,14H,13H2,1-5H3,(H,24,26)(H,25,27). The molecule has 2 amide bonds. The van der Waals surface area contributed by atoms with Crippen molar-refractivity contribution in [1.82, 2.24) is 10.9 Å². The van der Waals surface area contributed by atoms with E-state index in [4.69, 9.17) is 9.47 Å². The van der Waals surface area contributed by atoms with E-state index < -0.39 is 11.8 Å². The highest BCUT2D eigenvalue weighted by Crippen LogP contribution is 2.31. The van der Waals surface area contributed by atoms with Crippen molar-refractivity contribution in [3.05, 3.63) is 58.1 Å². The highest BCUT2D eigenvalue weighted by molar-refractivity contribution is 9.10. The zero-order chi connectivity index (χ0) is 21.6. The zero-order valence-electron chi connectivity index (χ0n) is 17.3. The van der Waals surface area contributed by atoms with Crippen LogP contribution in [0.15, 0.2) is 46.9 Å². The van der Waals surface area contributed by atoms with Gasteiger partial charge in [-0.05, 0) is 71.1 Å². The van der Waals surface area contributed by atoms with E-state index in [0.29, 0.717) is 17.1 Å². The van der Waals surface area contributed by atoms with Gasteiger partial charge in [0.25, 0.3) is 11.8 Å². The molecule has 156 valence electrons. The second-order valence-electron chi connectivity index (χ2n) is 7.88. The second kappa shape index (κ2) is 9.78. The molecule has 0 bridgehead atoms. The monoisotopic (exact) mass is 462 g/mol. The molecule has 0 aliphatic rings. The first-order chi connectivity index (χ1) is 13.6. The number of hydrazine groups is 1. The van der Waals surface area contributed by atoms with Gasteiger partial charge in [-0.2, -0.15) is 0 Å². The van der Waals surface area contributed by atoms with Crippen LogP contribution in [0.25, 0.3) is 0 Å². The Morgan fingerprint density at radius 1 is 1.07 bits per heavy atom. The van der Waals surface area contributed by atoms with E-state index >= 15 is 0 Å². The molecule has 0 aromatic heterocycles. The molecule has 0 heterocycles. The average Bonchev–Trinajstić information content (AvgIpc) is 2.64. The number of hydrogen-bond acceptors (Lipinski definition) is 4. The van der Waals surface area contributed by atoms with E-state index in [9.17, 15) is 9.59 Å². The number of carbonyl (C=O) groups excluding carboxylic acids is 2. The van der Waals surface area contributed by atoms with Gasteiger partial charge in [0.15, 0.2) is 6.61 Å². The van der Waals surface area contributed by atoms with Gasteiger partial charge in [-0.3, -0.25) is 20.4 Å². The summed E-state index contributed by atoms with van der Waals surface area (Å²) in [7, 11) is 0. The molecule has 0 saturated heterocycles. The molecule has 2 N–H and O–H groups in total. The summed E-state index contributed by atoms with van der Waals surface area (Å²) in [5.41, 5.74) is 6.26. The van der Waals surface area contributed by atoms with E-state index in [2.05, 4.69) is 47.6 Å². The van der Waals surface area contributed by atoms with E-state index in [-0.39, 0.29) is 18.1 Å². The summed E-state index contributed by atoms with van der Waals surface area (Å²) in [5.74, 6) is 0.229. The fourth-order valence-corrected chi connectivity index (χ4v) is 2.94. The molecule has 0 unspecified atom stereocenters. The van der Waals surface area contributed by atoms with Gasteiger partial charge in [0.05, 0.1) is 10.6 Å². The molecule has 2 aromatic carbocycles. The molecule has 0 aliphatic carbocycles. The van der Waals surface area contributed by atoms with Gasteiger partial charge >= 0.3 is 0 Å². The van der Waals surface area contributed by atoms with Crippen LogP contribution in [0, 0.1) is 0 Å². The fraction of sp³-hybridized carbons (Fsp3) is 0.364. The summed E-state index contributed by atoms with van der Waals surface area (Å²) in [6.45, 7) is 9.94. The minimum absolute atomic E-state index is 0.00181. The van der Waals surface area contributed by atoms with Crippen molar-refractivity contribution in [3.63, 3.8) is 0 Å². The van der Waals surface area contributed by atoms with Crippen molar-refractivity contribution in [3.8, 4) is 11.5 Å².